The number of rotatable bonds is 2. The third kappa shape index (κ3) is 1.52. The van der Waals surface area contributed by atoms with Crippen LogP contribution in [0.5, 0.6) is 0 Å². The second-order valence-corrected chi connectivity index (χ2v) is 3.07. The third-order valence-electron chi connectivity index (χ3n) is 2.06. The Hall–Kier alpha value is -1.68. The van der Waals surface area contributed by atoms with Gasteiger partial charge in [-0.1, -0.05) is 0 Å². The lowest BCUT2D eigenvalue weighted by Crippen LogP contribution is -1.95. The molecule has 0 radical (unpaired) electrons. The fourth-order valence-corrected chi connectivity index (χ4v) is 1.31. The number of hydrogen-bond acceptors (Lipinski definition) is 3. The Morgan fingerprint density at radius 2 is 2.21 bits per heavy atom. The van der Waals surface area contributed by atoms with E-state index in [1.165, 1.54) is 0 Å². The summed E-state index contributed by atoms with van der Waals surface area (Å²) in [5, 5.41) is 8.97. The first-order valence-corrected chi connectivity index (χ1v) is 4.35. The van der Waals surface area contributed by atoms with E-state index in [9.17, 15) is 0 Å². The van der Waals surface area contributed by atoms with Gasteiger partial charge < -0.3 is 9.67 Å². The Labute approximate surface area is 81.9 Å². The van der Waals surface area contributed by atoms with Crippen molar-refractivity contribution in [2.75, 3.05) is 0 Å². The molecule has 0 saturated heterocycles. The average molecular weight is 189 g/mol. The highest BCUT2D eigenvalue weighted by atomic mass is 16.3. The van der Waals surface area contributed by atoms with E-state index in [4.69, 9.17) is 5.11 Å². The number of aliphatic hydroxyl groups is 1. The van der Waals surface area contributed by atoms with Gasteiger partial charge in [-0.15, -0.1) is 0 Å². The van der Waals surface area contributed by atoms with E-state index in [1.54, 1.807) is 18.5 Å². The molecular formula is C10H11N3O. The van der Waals surface area contributed by atoms with Gasteiger partial charge in [-0.05, 0) is 17.7 Å². The summed E-state index contributed by atoms with van der Waals surface area (Å²) in [6.07, 6.45) is 5.26. The van der Waals surface area contributed by atoms with Gasteiger partial charge in [0.1, 0.15) is 5.69 Å². The number of imidazole rings is 1. The van der Waals surface area contributed by atoms with Gasteiger partial charge in [0, 0.05) is 25.6 Å². The van der Waals surface area contributed by atoms with Crippen LogP contribution in [0.3, 0.4) is 0 Å². The van der Waals surface area contributed by atoms with Gasteiger partial charge in [0.2, 0.25) is 0 Å². The molecule has 0 aliphatic heterocycles. The second-order valence-electron chi connectivity index (χ2n) is 3.07. The SMILES string of the molecule is Cn1ccnc1-c1cc(CO)ccn1. The highest BCUT2D eigenvalue weighted by molar-refractivity contribution is 5.50. The lowest BCUT2D eigenvalue weighted by atomic mass is 10.2. The third-order valence-corrected chi connectivity index (χ3v) is 2.06. The summed E-state index contributed by atoms with van der Waals surface area (Å²) in [5.41, 5.74) is 1.63. The molecule has 0 fully saturated rings. The van der Waals surface area contributed by atoms with Crippen molar-refractivity contribution < 1.29 is 5.11 Å². The van der Waals surface area contributed by atoms with Crippen LogP contribution in [-0.2, 0) is 13.7 Å². The summed E-state index contributed by atoms with van der Waals surface area (Å²) in [6.45, 7) is 0.0277. The molecule has 4 nitrogen and oxygen atoms in total. The van der Waals surface area contributed by atoms with E-state index in [0.717, 1.165) is 17.1 Å². The Kier molecular flexibility index (Phi) is 2.28. The zero-order valence-electron chi connectivity index (χ0n) is 7.88. The lowest BCUT2D eigenvalue weighted by Gasteiger charge is -2.02. The standard InChI is InChI=1S/C10H11N3O/c1-13-5-4-12-10(13)9-6-8(7-14)2-3-11-9/h2-6,14H,7H2,1H3. The summed E-state index contributed by atoms with van der Waals surface area (Å²) in [5.74, 6) is 0.806. The first-order chi connectivity index (χ1) is 6.81. The molecule has 14 heavy (non-hydrogen) atoms. The van der Waals surface area contributed by atoms with Crippen LogP contribution in [0.1, 0.15) is 5.56 Å². The minimum atomic E-state index is 0.0277. The molecule has 2 aromatic heterocycles. The topological polar surface area (TPSA) is 50.9 Å². The van der Waals surface area contributed by atoms with E-state index in [2.05, 4.69) is 9.97 Å². The van der Waals surface area contributed by atoms with Crippen molar-refractivity contribution in [2.45, 2.75) is 6.61 Å². The molecule has 0 spiro atoms. The number of hydrogen-bond donors (Lipinski definition) is 1. The lowest BCUT2D eigenvalue weighted by molar-refractivity contribution is 0.282. The molecule has 0 saturated carbocycles. The van der Waals surface area contributed by atoms with Gasteiger partial charge in [0.05, 0.1) is 6.61 Å². The molecule has 0 aliphatic carbocycles. The van der Waals surface area contributed by atoms with E-state index < -0.39 is 0 Å². The van der Waals surface area contributed by atoms with Crippen molar-refractivity contribution in [3.63, 3.8) is 0 Å². The van der Waals surface area contributed by atoms with Gasteiger partial charge in [-0.3, -0.25) is 4.98 Å². The van der Waals surface area contributed by atoms with Crippen LogP contribution in [0.25, 0.3) is 11.5 Å². The van der Waals surface area contributed by atoms with Crippen LogP contribution in [0.2, 0.25) is 0 Å². The monoisotopic (exact) mass is 189 g/mol. The maximum atomic E-state index is 8.97. The van der Waals surface area contributed by atoms with Crippen molar-refractivity contribution in [2.24, 2.45) is 7.05 Å². The maximum absolute atomic E-state index is 8.97. The fraction of sp³-hybridized carbons (Fsp3) is 0.200. The van der Waals surface area contributed by atoms with Crippen LogP contribution >= 0.6 is 0 Å². The zero-order valence-corrected chi connectivity index (χ0v) is 7.88. The molecule has 2 heterocycles. The Bertz CT molecular complexity index is 436. The highest BCUT2D eigenvalue weighted by Crippen LogP contribution is 2.14. The van der Waals surface area contributed by atoms with E-state index in [-0.39, 0.29) is 6.61 Å². The van der Waals surface area contributed by atoms with Crippen LogP contribution < -0.4 is 0 Å². The molecule has 4 heteroatoms. The van der Waals surface area contributed by atoms with Gasteiger partial charge in [0.15, 0.2) is 5.82 Å². The molecule has 0 unspecified atom stereocenters. The van der Waals surface area contributed by atoms with Crippen molar-refractivity contribution >= 4 is 0 Å². The van der Waals surface area contributed by atoms with Crippen LogP contribution in [0.15, 0.2) is 30.7 Å². The zero-order chi connectivity index (χ0) is 9.97. The maximum Gasteiger partial charge on any atom is 0.158 e. The second kappa shape index (κ2) is 3.59. The van der Waals surface area contributed by atoms with Gasteiger partial charge >= 0.3 is 0 Å². The summed E-state index contributed by atoms with van der Waals surface area (Å²) in [4.78, 5) is 8.38. The number of aryl methyl sites for hydroxylation is 1. The molecule has 2 rings (SSSR count). The van der Waals surface area contributed by atoms with E-state index in [0.29, 0.717) is 0 Å². The Balaban J connectivity index is 2.47. The summed E-state index contributed by atoms with van der Waals surface area (Å²) in [6, 6.07) is 3.62. The fourth-order valence-electron chi connectivity index (χ4n) is 1.31. The highest BCUT2D eigenvalue weighted by Gasteiger charge is 2.04. The predicted octanol–water partition coefficient (Wildman–Crippen LogP) is 0.974. The van der Waals surface area contributed by atoms with Crippen molar-refractivity contribution in [3.8, 4) is 11.5 Å². The summed E-state index contributed by atoms with van der Waals surface area (Å²) in [7, 11) is 1.91. The van der Waals surface area contributed by atoms with Crippen molar-refractivity contribution in [1.29, 1.82) is 0 Å². The average Bonchev–Trinajstić information content (AvgIpc) is 2.65. The molecule has 0 bridgehead atoms. The molecule has 72 valence electrons. The predicted molar refractivity (Wildman–Crippen MR) is 52.4 cm³/mol. The van der Waals surface area contributed by atoms with Crippen LogP contribution in [0.4, 0.5) is 0 Å². The van der Waals surface area contributed by atoms with Crippen LogP contribution in [-0.4, -0.2) is 19.6 Å². The first kappa shape index (κ1) is 8.90. The molecule has 0 atom stereocenters. The number of aromatic nitrogens is 3. The molecule has 0 amide bonds. The van der Waals surface area contributed by atoms with Crippen molar-refractivity contribution in [3.05, 3.63) is 36.3 Å². The minimum absolute atomic E-state index is 0.0277. The first-order valence-electron chi connectivity index (χ1n) is 4.35. The smallest absolute Gasteiger partial charge is 0.158 e. The molecular weight excluding hydrogens is 178 g/mol. The Morgan fingerprint density at radius 1 is 1.36 bits per heavy atom. The minimum Gasteiger partial charge on any atom is -0.392 e. The normalized spacial score (nSPS) is 10.4. The summed E-state index contributed by atoms with van der Waals surface area (Å²) >= 11 is 0. The largest absolute Gasteiger partial charge is 0.392 e. The van der Waals surface area contributed by atoms with E-state index in [1.807, 2.05) is 23.9 Å². The molecule has 2 aromatic rings. The Morgan fingerprint density at radius 3 is 2.86 bits per heavy atom. The van der Waals surface area contributed by atoms with Gasteiger partial charge in [0.25, 0.3) is 0 Å². The number of pyridine rings is 1. The van der Waals surface area contributed by atoms with Crippen molar-refractivity contribution in [1.82, 2.24) is 14.5 Å². The van der Waals surface area contributed by atoms with Gasteiger partial charge in [-0.25, -0.2) is 4.98 Å². The quantitative estimate of drug-likeness (QED) is 0.766. The number of aliphatic hydroxyl groups excluding tert-OH is 1. The molecule has 1 N–H and O–H groups in total. The molecule has 0 aliphatic rings. The van der Waals surface area contributed by atoms with Gasteiger partial charge in [-0.2, -0.15) is 0 Å². The van der Waals surface area contributed by atoms with Crippen LogP contribution in [0, 0.1) is 0 Å². The summed E-state index contributed by atoms with van der Waals surface area (Å²) < 4.78 is 1.89. The molecule has 0 aromatic carbocycles. The number of nitrogens with zero attached hydrogens (tertiary/aromatic N) is 3. The van der Waals surface area contributed by atoms with E-state index >= 15 is 0 Å².